The van der Waals surface area contributed by atoms with Crippen molar-refractivity contribution in [1.29, 1.82) is 0 Å². The molecule has 21 heavy (non-hydrogen) atoms. The molecule has 2 rings (SSSR count). The zero-order valence-electron chi connectivity index (χ0n) is 11.7. The van der Waals surface area contributed by atoms with E-state index in [4.69, 9.17) is 9.84 Å². The number of carboxylic acids is 1. The van der Waals surface area contributed by atoms with Crippen molar-refractivity contribution in [2.45, 2.75) is 32.1 Å². The number of rotatable bonds is 6. The standard InChI is InChI=1S/C14H19NO5S/c16-12(17)2-1-7-15-13(18)11(21-14(15)19)4-3-10-5-8-20-9-6-10/h4,10H,1-3,5-9H2,(H,16,17)/b11-4+. The lowest BCUT2D eigenvalue weighted by Gasteiger charge is -2.20. The second-order valence-corrected chi connectivity index (χ2v) is 6.18. The zero-order valence-corrected chi connectivity index (χ0v) is 12.6. The maximum absolute atomic E-state index is 12.1. The molecule has 2 amide bonds. The fourth-order valence-corrected chi connectivity index (χ4v) is 3.22. The molecule has 0 saturated carbocycles. The highest BCUT2D eigenvalue weighted by Gasteiger charge is 2.34. The summed E-state index contributed by atoms with van der Waals surface area (Å²) in [6.07, 6.45) is 4.85. The number of carbonyl (C=O) groups excluding carboxylic acids is 2. The van der Waals surface area contributed by atoms with Crippen LogP contribution in [0.2, 0.25) is 0 Å². The van der Waals surface area contributed by atoms with E-state index in [2.05, 4.69) is 0 Å². The Morgan fingerprint density at radius 1 is 1.38 bits per heavy atom. The van der Waals surface area contributed by atoms with Gasteiger partial charge in [-0.2, -0.15) is 0 Å². The number of aliphatic carboxylic acids is 1. The SMILES string of the molecule is O=C(O)CCCN1C(=O)S/C(=C/CC2CCOCC2)C1=O. The molecular weight excluding hydrogens is 294 g/mol. The van der Waals surface area contributed by atoms with Crippen LogP contribution < -0.4 is 0 Å². The molecule has 0 unspecified atom stereocenters. The van der Waals surface area contributed by atoms with Crippen LogP contribution in [0.1, 0.15) is 32.1 Å². The topological polar surface area (TPSA) is 83.9 Å². The highest BCUT2D eigenvalue weighted by Crippen LogP contribution is 2.32. The van der Waals surface area contributed by atoms with Gasteiger partial charge in [-0.3, -0.25) is 19.3 Å². The van der Waals surface area contributed by atoms with Gasteiger partial charge < -0.3 is 9.84 Å². The fourth-order valence-electron chi connectivity index (χ4n) is 2.37. The lowest BCUT2D eigenvalue weighted by molar-refractivity contribution is -0.137. The number of ether oxygens (including phenoxy) is 1. The predicted molar refractivity (Wildman–Crippen MR) is 77.8 cm³/mol. The van der Waals surface area contributed by atoms with E-state index >= 15 is 0 Å². The molecule has 0 aromatic rings. The second-order valence-electron chi connectivity index (χ2n) is 5.18. The van der Waals surface area contributed by atoms with Crippen molar-refractivity contribution in [3.05, 3.63) is 11.0 Å². The lowest BCUT2D eigenvalue weighted by Crippen LogP contribution is -2.29. The summed E-state index contributed by atoms with van der Waals surface area (Å²) < 4.78 is 5.29. The minimum atomic E-state index is -0.919. The van der Waals surface area contributed by atoms with Gasteiger partial charge in [0.1, 0.15) is 0 Å². The van der Waals surface area contributed by atoms with Gasteiger partial charge in [0.25, 0.3) is 11.1 Å². The van der Waals surface area contributed by atoms with Crippen molar-refractivity contribution in [1.82, 2.24) is 4.90 Å². The maximum atomic E-state index is 12.1. The molecule has 7 heteroatoms. The summed E-state index contributed by atoms with van der Waals surface area (Å²) in [6, 6.07) is 0. The van der Waals surface area contributed by atoms with Gasteiger partial charge >= 0.3 is 5.97 Å². The zero-order chi connectivity index (χ0) is 15.2. The van der Waals surface area contributed by atoms with Crippen LogP contribution in [-0.4, -0.2) is 46.9 Å². The summed E-state index contributed by atoms with van der Waals surface area (Å²) in [7, 11) is 0. The molecule has 2 heterocycles. The van der Waals surface area contributed by atoms with Crippen LogP contribution >= 0.6 is 11.8 Å². The maximum Gasteiger partial charge on any atom is 0.303 e. The number of imide groups is 1. The number of allylic oxidation sites excluding steroid dienone is 1. The first-order chi connectivity index (χ1) is 10.1. The van der Waals surface area contributed by atoms with Gasteiger partial charge in [0.15, 0.2) is 0 Å². The van der Waals surface area contributed by atoms with Crippen LogP contribution in [-0.2, 0) is 14.3 Å². The van der Waals surface area contributed by atoms with Crippen LogP contribution in [0.15, 0.2) is 11.0 Å². The minimum Gasteiger partial charge on any atom is -0.481 e. The molecule has 0 aromatic carbocycles. The van der Waals surface area contributed by atoms with Crippen LogP contribution in [0, 0.1) is 5.92 Å². The Labute approximate surface area is 127 Å². The second kappa shape index (κ2) is 7.61. The van der Waals surface area contributed by atoms with Gasteiger partial charge in [0.05, 0.1) is 4.91 Å². The van der Waals surface area contributed by atoms with Crippen molar-refractivity contribution in [3.8, 4) is 0 Å². The first-order valence-electron chi connectivity index (χ1n) is 7.11. The van der Waals surface area contributed by atoms with Crippen molar-refractivity contribution in [2.75, 3.05) is 19.8 Å². The number of carbonyl (C=O) groups is 3. The highest BCUT2D eigenvalue weighted by atomic mass is 32.2. The summed E-state index contributed by atoms with van der Waals surface area (Å²) in [5.41, 5.74) is 0. The molecular formula is C14H19NO5S. The van der Waals surface area contributed by atoms with Gasteiger partial charge in [-0.15, -0.1) is 0 Å². The number of nitrogens with zero attached hydrogens (tertiary/aromatic N) is 1. The number of hydrogen-bond donors (Lipinski definition) is 1. The number of hydrogen-bond acceptors (Lipinski definition) is 5. The Bertz CT molecular complexity index is 456. The number of carboxylic acid groups (broad SMARTS) is 1. The monoisotopic (exact) mass is 313 g/mol. The molecule has 1 N–H and O–H groups in total. The summed E-state index contributed by atoms with van der Waals surface area (Å²) in [4.78, 5) is 36.0. The Balaban J connectivity index is 1.86. The van der Waals surface area contributed by atoms with Gasteiger partial charge in [0, 0.05) is 26.2 Å². The third-order valence-electron chi connectivity index (χ3n) is 3.62. The van der Waals surface area contributed by atoms with E-state index in [0.717, 1.165) is 49.1 Å². The predicted octanol–water partition coefficient (Wildman–Crippen LogP) is 2.25. The summed E-state index contributed by atoms with van der Waals surface area (Å²) in [5.74, 6) is -0.699. The van der Waals surface area contributed by atoms with E-state index < -0.39 is 5.97 Å². The molecule has 0 radical (unpaired) electrons. The minimum absolute atomic E-state index is 0.0388. The highest BCUT2D eigenvalue weighted by molar-refractivity contribution is 8.18. The molecule has 0 spiro atoms. The van der Waals surface area contributed by atoms with Crippen LogP contribution in [0.5, 0.6) is 0 Å². The van der Waals surface area contributed by atoms with Crippen LogP contribution in [0.4, 0.5) is 4.79 Å². The van der Waals surface area contributed by atoms with Crippen LogP contribution in [0.3, 0.4) is 0 Å². The summed E-state index contributed by atoms with van der Waals surface area (Å²) in [5, 5.41) is 8.28. The molecule has 116 valence electrons. The van der Waals surface area contributed by atoms with Crippen molar-refractivity contribution < 1.29 is 24.2 Å². The third kappa shape index (κ3) is 4.57. The number of amides is 2. The molecule has 2 saturated heterocycles. The molecule has 2 aliphatic heterocycles. The van der Waals surface area contributed by atoms with E-state index in [1.165, 1.54) is 0 Å². The molecule has 2 aliphatic rings. The van der Waals surface area contributed by atoms with Gasteiger partial charge in [-0.1, -0.05) is 6.08 Å². The van der Waals surface area contributed by atoms with E-state index in [9.17, 15) is 14.4 Å². The van der Waals surface area contributed by atoms with Gasteiger partial charge in [-0.05, 0) is 43.4 Å². The first kappa shape index (κ1) is 16.0. The number of thioether (sulfide) groups is 1. The van der Waals surface area contributed by atoms with E-state index in [1.807, 2.05) is 6.08 Å². The molecule has 0 bridgehead atoms. The van der Waals surface area contributed by atoms with Gasteiger partial charge in [0.2, 0.25) is 0 Å². The third-order valence-corrected chi connectivity index (χ3v) is 4.58. The average molecular weight is 313 g/mol. The smallest absolute Gasteiger partial charge is 0.303 e. The van der Waals surface area contributed by atoms with E-state index in [0.29, 0.717) is 17.2 Å². The van der Waals surface area contributed by atoms with E-state index in [-0.39, 0.29) is 24.1 Å². The Morgan fingerprint density at radius 3 is 2.76 bits per heavy atom. The Hall–Kier alpha value is -1.34. The lowest BCUT2D eigenvalue weighted by atomic mass is 9.96. The average Bonchev–Trinajstić information content (AvgIpc) is 2.73. The van der Waals surface area contributed by atoms with Gasteiger partial charge in [-0.25, -0.2) is 0 Å². The normalized spacial score (nSPS) is 22.3. The van der Waals surface area contributed by atoms with Crippen LogP contribution in [0.25, 0.3) is 0 Å². The molecule has 0 aliphatic carbocycles. The van der Waals surface area contributed by atoms with E-state index in [1.54, 1.807) is 0 Å². The largest absolute Gasteiger partial charge is 0.481 e. The van der Waals surface area contributed by atoms with Crippen molar-refractivity contribution in [2.24, 2.45) is 5.92 Å². The molecule has 6 nitrogen and oxygen atoms in total. The molecule has 0 atom stereocenters. The summed E-state index contributed by atoms with van der Waals surface area (Å²) >= 11 is 0.949. The molecule has 0 aromatic heterocycles. The van der Waals surface area contributed by atoms with Crippen molar-refractivity contribution >= 4 is 28.9 Å². The molecule has 2 fully saturated rings. The van der Waals surface area contributed by atoms with Crippen molar-refractivity contribution in [3.63, 3.8) is 0 Å². The Kier molecular flexibility index (Phi) is 5.81. The quantitative estimate of drug-likeness (QED) is 0.757. The first-order valence-corrected chi connectivity index (χ1v) is 7.93. The fraction of sp³-hybridized carbons (Fsp3) is 0.643. The Morgan fingerprint density at radius 2 is 2.10 bits per heavy atom. The summed E-state index contributed by atoms with van der Waals surface area (Å²) in [6.45, 7) is 1.69.